The van der Waals surface area contributed by atoms with Crippen molar-refractivity contribution in [2.45, 2.75) is 38.2 Å². The molecule has 0 spiro atoms. The lowest BCUT2D eigenvalue weighted by Gasteiger charge is -2.23. The van der Waals surface area contributed by atoms with Crippen molar-refractivity contribution in [1.29, 1.82) is 0 Å². The van der Waals surface area contributed by atoms with Gasteiger partial charge in [0.05, 0.1) is 6.10 Å². The molecule has 1 aromatic rings. The Morgan fingerprint density at radius 3 is 3.00 bits per heavy atom. The molecular weight excluding hydrogens is 266 g/mol. The van der Waals surface area contributed by atoms with Gasteiger partial charge < -0.3 is 15.3 Å². The van der Waals surface area contributed by atoms with E-state index in [0.29, 0.717) is 13.1 Å². The number of amides is 2. The molecule has 2 N–H and O–H groups in total. The predicted octanol–water partition coefficient (Wildman–Crippen LogP) is 1.82. The number of hydrogen-bond donors (Lipinski definition) is 2. The fourth-order valence-electron chi connectivity index (χ4n) is 2.81. The maximum Gasteiger partial charge on any atom is 0.317 e. The topological polar surface area (TPSA) is 65.5 Å². The van der Waals surface area contributed by atoms with Crippen LogP contribution in [0.1, 0.15) is 31.4 Å². The summed E-state index contributed by atoms with van der Waals surface area (Å²) in [5.41, 5.74) is 1.05. The monoisotopic (exact) mass is 291 g/mol. The molecule has 5 heteroatoms. The molecule has 0 aliphatic heterocycles. The SMILES string of the molecule is CN(C[C@@H]1CCC[C@@H]1O)C(=O)NCCCc1ccccn1. The van der Waals surface area contributed by atoms with Crippen molar-refractivity contribution >= 4 is 6.03 Å². The van der Waals surface area contributed by atoms with Crippen LogP contribution < -0.4 is 5.32 Å². The Balaban J connectivity index is 1.62. The number of nitrogens with one attached hydrogen (secondary N) is 1. The van der Waals surface area contributed by atoms with Gasteiger partial charge in [0, 0.05) is 37.9 Å². The third-order valence-corrected chi connectivity index (χ3v) is 4.09. The fraction of sp³-hybridized carbons (Fsp3) is 0.625. The lowest BCUT2D eigenvalue weighted by Crippen LogP contribution is -2.41. The summed E-state index contributed by atoms with van der Waals surface area (Å²) in [6.07, 6.45) is 6.22. The zero-order valence-electron chi connectivity index (χ0n) is 12.7. The van der Waals surface area contributed by atoms with Crippen LogP contribution in [0.4, 0.5) is 4.79 Å². The standard InChI is InChI=1S/C16H25N3O2/c1-19(12-13-6-4-9-15(13)20)16(21)18-11-5-8-14-7-2-3-10-17-14/h2-3,7,10,13,15,20H,4-6,8-9,11-12H2,1H3,(H,18,21)/t13-,15-/m0/s1. The molecule has 0 unspecified atom stereocenters. The molecule has 1 aromatic heterocycles. The van der Waals surface area contributed by atoms with Gasteiger partial charge in [-0.15, -0.1) is 0 Å². The van der Waals surface area contributed by atoms with Gasteiger partial charge in [0.25, 0.3) is 0 Å². The van der Waals surface area contributed by atoms with E-state index in [9.17, 15) is 9.90 Å². The third-order valence-electron chi connectivity index (χ3n) is 4.09. The smallest absolute Gasteiger partial charge is 0.317 e. The first-order valence-electron chi connectivity index (χ1n) is 7.74. The molecule has 2 rings (SSSR count). The summed E-state index contributed by atoms with van der Waals surface area (Å²) in [4.78, 5) is 17.9. The molecule has 1 heterocycles. The van der Waals surface area contributed by atoms with Crippen LogP contribution in [0.2, 0.25) is 0 Å². The number of carbonyl (C=O) groups excluding carboxylic acids is 1. The Bertz CT molecular complexity index is 438. The molecule has 1 saturated carbocycles. The van der Waals surface area contributed by atoms with Crippen LogP contribution >= 0.6 is 0 Å². The van der Waals surface area contributed by atoms with Gasteiger partial charge in [-0.1, -0.05) is 12.5 Å². The second-order valence-electron chi connectivity index (χ2n) is 5.80. The summed E-state index contributed by atoms with van der Waals surface area (Å²) in [6, 6.07) is 5.81. The molecule has 1 fully saturated rings. The molecule has 2 amide bonds. The second kappa shape index (κ2) is 7.98. The molecule has 0 saturated heterocycles. The van der Waals surface area contributed by atoms with Crippen molar-refractivity contribution in [3.05, 3.63) is 30.1 Å². The summed E-state index contributed by atoms with van der Waals surface area (Å²) in [5.74, 6) is 0.231. The molecule has 116 valence electrons. The van der Waals surface area contributed by atoms with Crippen molar-refractivity contribution < 1.29 is 9.90 Å². The minimum atomic E-state index is -0.246. The average molecular weight is 291 g/mol. The summed E-state index contributed by atoms with van der Waals surface area (Å²) in [6.45, 7) is 1.28. The molecule has 0 aromatic carbocycles. The Morgan fingerprint density at radius 2 is 2.33 bits per heavy atom. The van der Waals surface area contributed by atoms with E-state index in [1.54, 1.807) is 18.1 Å². The van der Waals surface area contributed by atoms with Crippen molar-refractivity contribution in [2.24, 2.45) is 5.92 Å². The molecular formula is C16H25N3O2. The van der Waals surface area contributed by atoms with Crippen LogP contribution in [0.5, 0.6) is 0 Å². The molecule has 0 radical (unpaired) electrons. The van der Waals surface area contributed by atoms with Crippen molar-refractivity contribution in [2.75, 3.05) is 20.1 Å². The second-order valence-corrected chi connectivity index (χ2v) is 5.80. The number of pyridine rings is 1. The van der Waals surface area contributed by atoms with Gasteiger partial charge in [-0.3, -0.25) is 4.98 Å². The predicted molar refractivity (Wildman–Crippen MR) is 81.9 cm³/mol. The Hall–Kier alpha value is -1.62. The van der Waals surface area contributed by atoms with E-state index < -0.39 is 0 Å². The lowest BCUT2D eigenvalue weighted by atomic mass is 10.1. The van der Waals surface area contributed by atoms with Crippen molar-refractivity contribution in [1.82, 2.24) is 15.2 Å². The van der Waals surface area contributed by atoms with Crippen LogP contribution in [0.3, 0.4) is 0 Å². The van der Waals surface area contributed by atoms with E-state index in [1.165, 1.54) is 0 Å². The Morgan fingerprint density at radius 1 is 1.48 bits per heavy atom. The normalized spacial score (nSPS) is 21.2. The van der Waals surface area contributed by atoms with E-state index in [1.807, 2.05) is 18.2 Å². The highest BCUT2D eigenvalue weighted by Gasteiger charge is 2.27. The number of aromatic nitrogens is 1. The van der Waals surface area contributed by atoms with Gasteiger partial charge in [0.15, 0.2) is 0 Å². The summed E-state index contributed by atoms with van der Waals surface area (Å²) < 4.78 is 0. The minimum absolute atomic E-state index is 0.0601. The number of urea groups is 1. The number of rotatable bonds is 6. The maximum absolute atomic E-state index is 12.0. The summed E-state index contributed by atoms with van der Waals surface area (Å²) in [7, 11) is 1.79. The van der Waals surface area contributed by atoms with E-state index >= 15 is 0 Å². The molecule has 0 bridgehead atoms. The van der Waals surface area contributed by atoms with Crippen LogP contribution in [0.25, 0.3) is 0 Å². The molecule has 2 atom stereocenters. The van der Waals surface area contributed by atoms with Crippen LogP contribution in [0, 0.1) is 5.92 Å². The van der Waals surface area contributed by atoms with E-state index in [0.717, 1.165) is 37.8 Å². The van der Waals surface area contributed by atoms with E-state index in [2.05, 4.69) is 10.3 Å². The Kier molecular flexibility index (Phi) is 5.99. The van der Waals surface area contributed by atoms with Gasteiger partial charge in [-0.2, -0.15) is 0 Å². The zero-order chi connectivity index (χ0) is 15.1. The van der Waals surface area contributed by atoms with Gasteiger partial charge in [0.1, 0.15) is 0 Å². The zero-order valence-corrected chi connectivity index (χ0v) is 12.7. The van der Waals surface area contributed by atoms with Gasteiger partial charge >= 0.3 is 6.03 Å². The molecule has 5 nitrogen and oxygen atoms in total. The van der Waals surface area contributed by atoms with Gasteiger partial charge in [0.2, 0.25) is 0 Å². The quantitative estimate of drug-likeness (QED) is 0.786. The Labute approximate surface area is 126 Å². The number of carbonyl (C=O) groups is 1. The first-order valence-corrected chi connectivity index (χ1v) is 7.74. The largest absolute Gasteiger partial charge is 0.393 e. The van der Waals surface area contributed by atoms with Crippen LogP contribution in [0.15, 0.2) is 24.4 Å². The molecule has 21 heavy (non-hydrogen) atoms. The molecule has 1 aliphatic rings. The highest BCUT2D eigenvalue weighted by molar-refractivity contribution is 5.73. The molecule has 1 aliphatic carbocycles. The summed E-state index contributed by atoms with van der Waals surface area (Å²) in [5, 5.41) is 12.7. The number of aliphatic hydroxyl groups is 1. The van der Waals surface area contributed by atoms with Crippen molar-refractivity contribution in [3.8, 4) is 0 Å². The van der Waals surface area contributed by atoms with E-state index in [4.69, 9.17) is 0 Å². The van der Waals surface area contributed by atoms with Crippen LogP contribution in [-0.4, -0.2) is 47.3 Å². The number of hydrogen-bond acceptors (Lipinski definition) is 3. The average Bonchev–Trinajstić information content (AvgIpc) is 2.89. The number of aryl methyl sites for hydroxylation is 1. The number of aliphatic hydroxyl groups excluding tert-OH is 1. The third kappa shape index (κ3) is 5.01. The summed E-state index contributed by atoms with van der Waals surface area (Å²) >= 11 is 0. The first-order chi connectivity index (χ1) is 10.2. The first kappa shape index (κ1) is 15.8. The van der Waals surface area contributed by atoms with Gasteiger partial charge in [-0.25, -0.2) is 4.79 Å². The van der Waals surface area contributed by atoms with Crippen molar-refractivity contribution in [3.63, 3.8) is 0 Å². The number of nitrogens with zero attached hydrogens (tertiary/aromatic N) is 2. The fourth-order valence-corrected chi connectivity index (χ4v) is 2.81. The van der Waals surface area contributed by atoms with E-state index in [-0.39, 0.29) is 18.1 Å². The van der Waals surface area contributed by atoms with Crippen LogP contribution in [-0.2, 0) is 6.42 Å². The highest BCUT2D eigenvalue weighted by Crippen LogP contribution is 2.25. The van der Waals surface area contributed by atoms with Gasteiger partial charge in [-0.05, 0) is 37.8 Å². The highest BCUT2D eigenvalue weighted by atomic mass is 16.3. The lowest BCUT2D eigenvalue weighted by molar-refractivity contribution is 0.114. The maximum atomic E-state index is 12.0. The minimum Gasteiger partial charge on any atom is -0.393 e.